The number of anilines is 1. The van der Waals surface area contributed by atoms with Crippen molar-refractivity contribution < 1.29 is 14.3 Å². The van der Waals surface area contributed by atoms with Gasteiger partial charge < -0.3 is 15.4 Å². The third-order valence-corrected chi connectivity index (χ3v) is 2.10. The maximum atomic E-state index is 11.9. The fourth-order valence-electron chi connectivity index (χ4n) is 1.17. The van der Waals surface area contributed by atoms with E-state index in [1.807, 2.05) is 0 Å². The van der Waals surface area contributed by atoms with Gasteiger partial charge in [0.1, 0.15) is 12.2 Å². The number of hydrogen-bond donors (Lipinski definition) is 2. The van der Waals surface area contributed by atoms with Crippen LogP contribution < -0.4 is 5.73 Å². The van der Waals surface area contributed by atoms with Gasteiger partial charge in [-0.05, 0) is 6.92 Å². The van der Waals surface area contributed by atoms with Crippen molar-refractivity contribution >= 4 is 17.6 Å². The molecule has 7 heteroatoms. The van der Waals surface area contributed by atoms with Gasteiger partial charge in [-0.1, -0.05) is 0 Å². The number of esters is 1. The smallest absolute Gasteiger partial charge is 0.325 e. The van der Waals surface area contributed by atoms with E-state index in [4.69, 9.17) is 5.73 Å². The Morgan fingerprint density at radius 1 is 1.62 bits per heavy atom. The lowest BCUT2D eigenvalue weighted by Crippen LogP contribution is -2.36. The number of amides is 1. The average Bonchev–Trinajstić information content (AvgIpc) is 2.71. The molecule has 1 aromatic heterocycles. The molecule has 0 radical (unpaired) electrons. The number of carbonyl (C=O) groups excluding carboxylic acids is 2. The highest BCUT2D eigenvalue weighted by Gasteiger charge is 2.20. The second kappa shape index (κ2) is 5.15. The first-order valence-electron chi connectivity index (χ1n) is 4.75. The number of aromatic amines is 1. The molecule has 0 saturated heterocycles. The maximum absolute atomic E-state index is 11.9. The first-order valence-corrected chi connectivity index (χ1v) is 4.75. The van der Waals surface area contributed by atoms with E-state index >= 15 is 0 Å². The van der Waals surface area contributed by atoms with Gasteiger partial charge in [-0.2, -0.15) is 5.10 Å². The molecule has 0 spiro atoms. The van der Waals surface area contributed by atoms with Crippen LogP contribution >= 0.6 is 0 Å². The minimum absolute atomic E-state index is 0.107. The summed E-state index contributed by atoms with van der Waals surface area (Å²) in [7, 11) is 1.27. The van der Waals surface area contributed by atoms with Gasteiger partial charge in [-0.25, -0.2) is 0 Å². The number of nitrogens with one attached hydrogen (secondary N) is 1. The molecule has 0 aliphatic carbocycles. The van der Waals surface area contributed by atoms with Gasteiger partial charge in [-0.15, -0.1) is 0 Å². The number of aromatic nitrogens is 2. The molecule has 0 aromatic carbocycles. The molecule has 1 aromatic rings. The lowest BCUT2D eigenvalue weighted by Gasteiger charge is -2.18. The molecular formula is C9H14N4O3. The first-order chi connectivity index (χ1) is 7.60. The Hall–Kier alpha value is -2.05. The number of H-pyrrole nitrogens is 1. The summed E-state index contributed by atoms with van der Waals surface area (Å²) >= 11 is 0. The molecule has 0 aliphatic rings. The minimum atomic E-state index is -0.478. The van der Waals surface area contributed by atoms with Crippen molar-refractivity contribution in [2.45, 2.75) is 6.92 Å². The lowest BCUT2D eigenvalue weighted by molar-refractivity contribution is -0.141. The van der Waals surface area contributed by atoms with Crippen LogP contribution in [0.4, 0.5) is 5.69 Å². The van der Waals surface area contributed by atoms with Crippen LogP contribution in [-0.4, -0.2) is 47.2 Å². The van der Waals surface area contributed by atoms with Gasteiger partial charge in [0.25, 0.3) is 5.91 Å². The Morgan fingerprint density at radius 3 is 2.75 bits per heavy atom. The Balaban J connectivity index is 2.78. The largest absolute Gasteiger partial charge is 0.468 e. The van der Waals surface area contributed by atoms with Crippen LogP contribution in [0.1, 0.15) is 17.4 Å². The summed E-state index contributed by atoms with van der Waals surface area (Å²) in [6, 6.07) is 0. The Labute approximate surface area is 92.6 Å². The number of ether oxygens (including phenoxy) is 1. The van der Waals surface area contributed by atoms with Crippen molar-refractivity contribution in [1.29, 1.82) is 0 Å². The number of rotatable bonds is 4. The van der Waals surface area contributed by atoms with E-state index in [-0.39, 0.29) is 23.8 Å². The van der Waals surface area contributed by atoms with Crippen molar-refractivity contribution in [1.82, 2.24) is 15.1 Å². The Bertz CT molecular complexity index is 388. The van der Waals surface area contributed by atoms with Crippen molar-refractivity contribution in [2.24, 2.45) is 0 Å². The second-order valence-corrected chi connectivity index (χ2v) is 3.10. The molecule has 1 heterocycles. The predicted octanol–water partition coefficient (Wildman–Crippen LogP) is -0.373. The molecule has 0 fully saturated rings. The summed E-state index contributed by atoms with van der Waals surface area (Å²) in [5, 5.41) is 6.14. The third-order valence-electron chi connectivity index (χ3n) is 2.10. The van der Waals surface area contributed by atoms with Crippen LogP contribution in [0.5, 0.6) is 0 Å². The summed E-state index contributed by atoms with van der Waals surface area (Å²) < 4.78 is 4.49. The second-order valence-electron chi connectivity index (χ2n) is 3.10. The topological polar surface area (TPSA) is 101 Å². The van der Waals surface area contributed by atoms with Gasteiger partial charge in [-0.3, -0.25) is 14.7 Å². The van der Waals surface area contributed by atoms with Gasteiger partial charge in [0, 0.05) is 6.54 Å². The number of carbonyl (C=O) groups is 2. The number of methoxy groups -OCH3 is 1. The number of likely N-dealkylation sites (N-methyl/N-ethyl adjacent to an activating group) is 1. The lowest BCUT2D eigenvalue weighted by atomic mass is 10.3. The average molecular weight is 226 g/mol. The quantitative estimate of drug-likeness (QED) is 0.682. The molecule has 1 rings (SSSR count). The Morgan fingerprint density at radius 2 is 2.31 bits per heavy atom. The summed E-state index contributed by atoms with van der Waals surface area (Å²) in [6.07, 6.45) is 1.35. The van der Waals surface area contributed by atoms with E-state index in [2.05, 4.69) is 14.9 Å². The molecule has 0 atom stereocenters. The highest BCUT2D eigenvalue weighted by Crippen LogP contribution is 2.09. The van der Waals surface area contributed by atoms with Crippen LogP contribution in [-0.2, 0) is 9.53 Å². The zero-order chi connectivity index (χ0) is 12.1. The molecule has 88 valence electrons. The van der Waals surface area contributed by atoms with Gasteiger partial charge in [0.2, 0.25) is 0 Å². The standard InChI is InChI=1S/C9H14N4O3/c1-3-13(5-7(14)16-2)9(15)8-6(10)4-11-12-8/h4H,3,5,10H2,1-2H3,(H,11,12). The fraction of sp³-hybridized carbons (Fsp3) is 0.444. The normalized spacial score (nSPS) is 9.88. The zero-order valence-electron chi connectivity index (χ0n) is 9.19. The van der Waals surface area contributed by atoms with E-state index in [9.17, 15) is 9.59 Å². The van der Waals surface area contributed by atoms with E-state index in [0.29, 0.717) is 6.54 Å². The third kappa shape index (κ3) is 2.50. The molecule has 3 N–H and O–H groups in total. The monoisotopic (exact) mass is 226 g/mol. The summed E-state index contributed by atoms with van der Waals surface area (Å²) in [4.78, 5) is 24.3. The SMILES string of the molecule is CCN(CC(=O)OC)C(=O)c1[nH]ncc1N. The van der Waals surface area contributed by atoms with Crippen molar-refractivity contribution in [2.75, 3.05) is 25.9 Å². The number of nitrogens with zero attached hydrogens (tertiary/aromatic N) is 2. The predicted molar refractivity (Wildman–Crippen MR) is 56.6 cm³/mol. The molecule has 0 bridgehead atoms. The van der Waals surface area contributed by atoms with E-state index in [1.165, 1.54) is 18.2 Å². The summed E-state index contributed by atoms with van der Waals surface area (Å²) in [5.74, 6) is -0.851. The van der Waals surface area contributed by atoms with Gasteiger partial charge in [0.15, 0.2) is 0 Å². The van der Waals surface area contributed by atoms with E-state index in [0.717, 1.165) is 0 Å². The van der Waals surface area contributed by atoms with Crippen molar-refractivity contribution in [3.8, 4) is 0 Å². The molecule has 0 aliphatic heterocycles. The maximum Gasteiger partial charge on any atom is 0.325 e. The van der Waals surface area contributed by atoms with Crippen LogP contribution in [0.15, 0.2) is 6.20 Å². The van der Waals surface area contributed by atoms with Crippen LogP contribution in [0.2, 0.25) is 0 Å². The van der Waals surface area contributed by atoms with Crippen molar-refractivity contribution in [3.63, 3.8) is 0 Å². The first kappa shape index (κ1) is 12.0. The Kier molecular flexibility index (Phi) is 3.87. The zero-order valence-corrected chi connectivity index (χ0v) is 9.19. The number of hydrogen-bond acceptors (Lipinski definition) is 5. The number of nitrogen functional groups attached to an aromatic ring is 1. The van der Waals surface area contributed by atoms with Crippen LogP contribution in [0.25, 0.3) is 0 Å². The molecule has 7 nitrogen and oxygen atoms in total. The minimum Gasteiger partial charge on any atom is -0.468 e. The molecule has 16 heavy (non-hydrogen) atoms. The van der Waals surface area contributed by atoms with Crippen molar-refractivity contribution in [3.05, 3.63) is 11.9 Å². The van der Waals surface area contributed by atoms with Crippen LogP contribution in [0, 0.1) is 0 Å². The van der Waals surface area contributed by atoms with Gasteiger partial charge in [0.05, 0.1) is 19.0 Å². The fourth-order valence-corrected chi connectivity index (χ4v) is 1.17. The molecule has 0 saturated carbocycles. The number of nitrogens with two attached hydrogens (primary N) is 1. The molecular weight excluding hydrogens is 212 g/mol. The van der Waals surface area contributed by atoms with E-state index in [1.54, 1.807) is 6.92 Å². The summed E-state index contributed by atoms with van der Waals surface area (Å²) in [6.45, 7) is 2.03. The molecule has 0 unspecified atom stereocenters. The molecule has 1 amide bonds. The highest BCUT2D eigenvalue weighted by atomic mass is 16.5. The van der Waals surface area contributed by atoms with Crippen LogP contribution in [0.3, 0.4) is 0 Å². The van der Waals surface area contributed by atoms with E-state index < -0.39 is 5.97 Å². The van der Waals surface area contributed by atoms with Gasteiger partial charge >= 0.3 is 5.97 Å². The summed E-state index contributed by atoms with van der Waals surface area (Å²) in [5.41, 5.74) is 5.98. The highest BCUT2D eigenvalue weighted by molar-refractivity contribution is 5.98.